The highest BCUT2D eigenvalue weighted by Crippen LogP contribution is 2.23. The summed E-state index contributed by atoms with van der Waals surface area (Å²) in [4.78, 5) is 14.4. The van der Waals surface area contributed by atoms with Crippen molar-refractivity contribution in [2.24, 2.45) is 0 Å². The molecule has 1 aromatic carbocycles. The van der Waals surface area contributed by atoms with Crippen molar-refractivity contribution in [1.29, 1.82) is 0 Å². The number of benzene rings is 1. The molecule has 0 saturated heterocycles. The van der Waals surface area contributed by atoms with Crippen LogP contribution in [-0.2, 0) is 4.79 Å². The second kappa shape index (κ2) is 11.5. The van der Waals surface area contributed by atoms with Gasteiger partial charge in [0.15, 0.2) is 0 Å². The van der Waals surface area contributed by atoms with Crippen molar-refractivity contribution in [3.63, 3.8) is 0 Å². The molecule has 128 valence electrons. The van der Waals surface area contributed by atoms with E-state index in [0.717, 1.165) is 57.2 Å². The van der Waals surface area contributed by atoms with Gasteiger partial charge < -0.3 is 4.90 Å². The average Bonchev–Trinajstić information content (AvgIpc) is 2.54. The van der Waals surface area contributed by atoms with Crippen molar-refractivity contribution in [1.82, 2.24) is 4.90 Å². The summed E-state index contributed by atoms with van der Waals surface area (Å²) in [5, 5.41) is 1.03. The highest BCUT2D eigenvalue weighted by atomic mass is 35.5. The minimum absolute atomic E-state index is 0.0725. The monoisotopic (exact) mass is 355 g/mol. The maximum Gasteiger partial charge on any atom is 0.246 e. The number of unbranched alkanes of at least 4 members (excludes halogenated alkanes) is 4. The molecule has 1 amide bonds. The Hall–Kier alpha value is -0.990. The molecule has 0 aliphatic rings. The molecular formula is C19H27Cl2NO. The lowest BCUT2D eigenvalue weighted by Crippen LogP contribution is -2.31. The van der Waals surface area contributed by atoms with E-state index in [1.165, 1.54) is 0 Å². The van der Waals surface area contributed by atoms with E-state index in [4.69, 9.17) is 23.2 Å². The van der Waals surface area contributed by atoms with Crippen LogP contribution in [0.4, 0.5) is 0 Å². The number of nitrogens with zero attached hydrogens (tertiary/aromatic N) is 1. The molecule has 0 spiro atoms. The van der Waals surface area contributed by atoms with E-state index < -0.39 is 0 Å². The smallest absolute Gasteiger partial charge is 0.246 e. The minimum Gasteiger partial charge on any atom is -0.339 e. The van der Waals surface area contributed by atoms with Gasteiger partial charge in [0.05, 0.1) is 10.0 Å². The molecule has 0 atom stereocenters. The third-order valence-electron chi connectivity index (χ3n) is 3.74. The fourth-order valence-electron chi connectivity index (χ4n) is 2.33. The Bertz CT molecular complexity index is 504. The highest BCUT2D eigenvalue weighted by molar-refractivity contribution is 6.42. The van der Waals surface area contributed by atoms with Crippen LogP contribution in [0, 0.1) is 0 Å². The minimum atomic E-state index is 0.0725. The molecular weight excluding hydrogens is 329 g/mol. The van der Waals surface area contributed by atoms with Crippen molar-refractivity contribution in [2.45, 2.75) is 52.4 Å². The first kappa shape index (κ1) is 20.1. The summed E-state index contributed by atoms with van der Waals surface area (Å²) >= 11 is 11.9. The zero-order valence-corrected chi connectivity index (χ0v) is 15.7. The second-order valence-corrected chi connectivity index (χ2v) is 6.56. The topological polar surface area (TPSA) is 20.3 Å². The molecule has 0 bridgehead atoms. The van der Waals surface area contributed by atoms with Crippen LogP contribution in [0.25, 0.3) is 6.08 Å². The predicted molar refractivity (Wildman–Crippen MR) is 101 cm³/mol. The second-order valence-electron chi connectivity index (χ2n) is 5.75. The van der Waals surface area contributed by atoms with Crippen LogP contribution in [0.15, 0.2) is 24.3 Å². The Labute approximate surface area is 150 Å². The van der Waals surface area contributed by atoms with Crippen molar-refractivity contribution in [3.8, 4) is 0 Å². The number of rotatable bonds is 10. The first-order valence-corrected chi connectivity index (χ1v) is 9.26. The van der Waals surface area contributed by atoms with E-state index in [0.29, 0.717) is 10.0 Å². The van der Waals surface area contributed by atoms with Crippen LogP contribution in [0.2, 0.25) is 10.0 Å². The van der Waals surface area contributed by atoms with Gasteiger partial charge in [-0.25, -0.2) is 0 Å². The Morgan fingerprint density at radius 3 is 2.13 bits per heavy atom. The normalized spacial score (nSPS) is 11.1. The summed E-state index contributed by atoms with van der Waals surface area (Å²) < 4.78 is 0. The number of hydrogen-bond donors (Lipinski definition) is 0. The lowest BCUT2D eigenvalue weighted by Gasteiger charge is -2.21. The number of carbonyl (C=O) groups excluding carboxylic acids is 1. The Balaban J connectivity index is 2.65. The van der Waals surface area contributed by atoms with Gasteiger partial charge in [0.1, 0.15) is 0 Å². The van der Waals surface area contributed by atoms with Gasteiger partial charge in [0.25, 0.3) is 0 Å². The lowest BCUT2D eigenvalue weighted by molar-refractivity contribution is -0.126. The van der Waals surface area contributed by atoms with Crippen LogP contribution in [0.5, 0.6) is 0 Å². The molecule has 0 aromatic heterocycles. The Kier molecular flexibility index (Phi) is 10.1. The summed E-state index contributed by atoms with van der Waals surface area (Å²) in [6, 6.07) is 5.37. The quantitative estimate of drug-likeness (QED) is 0.360. The fourth-order valence-corrected chi connectivity index (χ4v) is 2.63. The van der Waals surface area contributed by atoms with Crippen LogP contribution in [-0.4, -0.2) is 23.9 Å². The molecule has 0 saturated carbocycles. The number of carbonyl (C=O) groups is 1. The zero-order valence-electron chi connectivity index (χ0n) is 14.2. The van der Waals surface area contributed by atoms with Crippen molar-refractivity contribution >= 4 is 35.2 Å². The molecule has 23 heavy (non-hydrogen) atoms. The Morgan fingerprint density at radius 2 is 1.61 bits per heavy atom. The van der Waals surface area contributed by atoms with E-state index in [9.17, 15) is 4.79 Å². The van der Waals surface area contributed by atoms with Gasteiger partial charge in [-0.3, -0.25) is 4.79 Å². The van der Waals surface area contributed by atoms with Crippen molar-refractivity contribution in [3.05, 3.63) is 39.9 Å². The third kappa shape index (κ3) is 7.90. The van der Waals surface area contributed by atoms with Gasteiger partial charge in [0.2, 0.25) is 5.91 Å². The summed E-state index contributed by atoms with van der Waals surface area (Å²) in [5.41, 5.74) is 0.884. The van der Waals surface area contributed by atoms with Gasteiger partial charge in [-0.05, 0) is 36.6 Å². The van der Waals surface area contributed by atoms with Crippen molar-refractivity contribution in [2.75, 3.05) is 13.1 Å². The molecule has 0 N–H and O–H groups in total. The zero-order chi connectivity index (χ0) is 17.1. The number of amides is 1. The van der Waals surface area contributed by atoms with E-state index in [1.807, 2.05) is 11.0 Å². The van der Waals surface area contributed by atoms with Crippen LogP contribution >= 0.6 is 23.2 Å². The third-order valence-corrected chi connectivity index (χ3v) is 4.48. The van der Waals surface area contributed by atoms with Gasteiger partial charge in [-0.2, -0.15) is 0 Å². The van der Waals surface area contributed by atoms with Gasteiger partial charge in [-0.15, -0.1) is 0 Å². The van der Waals surface area contributed by atoms with E-state index >= 15 is 0 Å². The lowest BCUT2D eigenvalue weighted by atomic mass is 10.2. The molecule has 0 fully saturated rings. The fraction of sp³-hybridized carbons (Fsp3) is 0.526. The van der Waals surface area contributed by atoms with E-state index in [1.54, 1.807) is 24.3 Å². The molecule has 0 aliphatic carbocycles. The molecule has 0 radical (unpaired) electrons. The van der Waals surface area contributed by atoms with E-state index in [-0.39, 0.29) is 5.91 Å². The molecule has 1 aromatic rings. The van der Waals surface area contributed by atoms with Gasteiger partial charge in [0, 0.05) is 19.2 Å². The number of halogens is 2. The first-order valence-electron chi connectivity index (χ1n) is 8.50. The largest absolute Gasteiger partial charge is 0.339 e. The molecule has 0 heterocycles. The SMILES string of the molecule is CCCCCN(CCCCC)C(=O)C=Cc1ccc(Cl)c(Cl)c1. The average molecular weight is 356 g/mol. The Morgan fingerprint density at radius 1 is 1.00 bits per heavy atom. The van der Waals surface area contributed by atoms with Crippen LogP contribution < -0.4 is 0 Å². The van der Waals surface area contributed by atoms with E-state index in [2.05, 4.69) is 13.8 Å². The molecule has 2 nitrogen and oxygen atoms in total. The summed E-state index contributed by atoms with van der Waals surface area (Å²) in [6.07, 6.45) is 10.2. The maximum atomic E-state index is 12.4. The summed E-state index contributed by atoms with van der Waals surface area (Å²) in [7, 11) is 0. The molecule has 0 aliphatic heterocycles. The molecule has 1 rings (SSSR count). The summed E-state index contributed by atoms with van der Waals surface area (Å²) in [5.74, 6) is 0.0725. The van der Waals surface area contributed by atoms with Crippen LogP contribution in [0.3, 0.4) is 0 Å². The van der Waals surface area contributed by atoms with Crippen LogP contribution in [0.1, 0.15) is 57.9 Å². The van der Waals surface area contributed by atoms with Gasteiger partial charge >= 0.3 is 0 Å². The number of hydrogen-bond acceptors (Lipinski definition) is 1. The predicted octanol–water partition coefficient (Wildman–Crippen LogP) is 6.22. The molecule has 0 unspecified atom stereocenters. The van der Waals surface area contributed by atoms with Crippen molar-refractivity contribution < 1.29 is 4.79 Å². The molecule has 4 heteroatoms. The first-order chi connectivity index (χ1) is 11.1. The standard InChI is InChI=1S/C19H27Cl2NO/c1-3-5-7-13-22(14-8-6-4-2)19(23)12-10-16-9-11-17(20)18(21)15-16/h9-12,15H,3-8,13-14H2,1-2H3. The maximum absolute atomic E-state index is 12.4. The van der Waals surface area contributed by atoms with Gasteiger partial charge in [-0.1, -0.05) is 68.8 Å². The highest BCUT2D eigenvalue weighted by Gasteiger charge is 2.09. The summed E-state index contributed by atoms with van der Waals surface area (Å²) in [6.45, 7) is 6.02.